The van der Waals surface area contributed by atoms with E-state index in [1.165, 1.54) is 0 Å². The molecule has 1 atom stereocenters. The number of nitrogens with one attached hydrogen (secondary N) is 1. The Morgan fingerprint density at radius 3 is 2.56 bits per heavy atom. The van der Waals surface area contributed by atoms with E-state index in [9.17, 15) is 4.79 Å². The molecule has 1 aliphatic carbocycles. The predicted molar refractivity (Wildman–Crippen MR) is 107 cm³/mol. The van der Waals surface area contributed by atoms with Crippen LogP contribution in [0.3, 0.4) is 0 Å². The summed E-state index contributed by atoms with van der Waals surface area (Å²) >= 11 is 0. The maximum absolute atomic E-state index is 12.3. The summed E-state index contributed by atoms with van der Waals surface area (Å²) in [4.78, 5) is 12.3. The standard InChI is InChI=1S/C23H26N2O2/c24-15-7-1-2-8-16-25-23(26)27-22-17-20-11-4-3-9-18(20)13-14-19-10-5-6-12-21(19)22/h3-6,9-12,22H,1-2,7-8,15-17,24H2,(H,25,26). The summed E-state index contributed by atoms with van der Waals surface area (Å²) in [6.07, 6.45) is 4.01. The van der Waals surface area contributed by atoms with Gasteiger partial charge < -0.3 is 15.8 Å². The first kappa shape index (κ1) is 19.0. The van der Waals surface area contributed by atoms with Gasteiger partial charge in [0.25, 0.3) is 0 Å². The van der Waals surface area contributed by atoms with Crippen LogP contribution < -0.4 is 11.1 Å². The first-order valence-electron chi connectivity index (χ1n) is 9.61. The molecule has 1 aliphatic rings. The Morgan fingerprint density at radius 2 is 1.70 bits per heavy atom. The van der Waals surface area contributed by atoms with Crippen molar-refractivity contribution in [3.05, 3.63) is 70.8 Å². The van der Waals surface area contributed by atoms with Gasteiger partial charge in [0.05, 0.1) is 0 Å². The second-order valence-corrected chi connectivity index (χ2v) is 6.72. The zero-order valence-corrected chi connectivity index (χ0v) is 15.5. The van der Waals surface area contributed by atoms with Gasteiger partial charge in [-0.15, -0.1) is 0 Å². The highest BCUT2D eigenvalue weighted by Gasteiger charge is 2.22. The van der Waals surface area contributed by atoms with Crippen LogP contribution in [0.1, 0.15) is 54.0 Å². The van der Waals surface area contributed by atoms with E-state index >= 15 is 0 Å². The number of hydrogen-bond donors (Lipinski definition) is 2. The molecular formula is C23H26N2O2. The van der Waals surface area contributed by atoms with Crippen molar-refractivity contribution in [1.29, 1.82) is 0 Å². The number of rotatable bonds is 7. The van der Waals surface area contributed by atoms with Crippen LogP contribution >= 0.6 is 0 Å². The summed E-state index contributed by atoms with van der Waals surface area (Å²) in [6, 6.07) is 15.9. The summed E-state index contributed by atoms with van der Waals surface area (Å²) in [5.74, 6) is 6.46. The lowest BCUT2D eigenvalue weighted by molar-refractivity contribution is 0.0972. The molecule has 0 spiro atoms. The minimum absolute atomic E-state index is 0.353. The van der Waals surface area contributed by atoms with Gasteiger partial charge in [0.2, 0.25) is 0 Å². The molecule has 0 heterocycles. The van der Waals surface area contributed by atoms with Crippen LogP contribution in [-0.4, -0.2) is 19.2 Å². The highest BCUT2D eigenvalue weighted by atomic mass is 16.6. The molecule has 1 unspecified atom stereocenters. The molecule has 3 N–H and O–H groups in total. The Hall–Kier alpha value is -2.77. The number of nitrogens with two attached hydrogens (primary N) is 1. The van der Waals surface area contributed by atoms with Gasteiger partial charge in [0.1, 0.15) is 6.10 Å². The van der Waals surface area contributed by atoms with E-state index in [-0.39, 0.29) is 12.2 Å². The monoisotopic (exact) mass is 362 g/mol. The first-order valence-corrected chi connectivity index (χ1v) is 9.61. The van der Waals surface area contributed by atoms with E-state index < -0.39 is 0 Å². The lowest BCUT2D eigenvalue weighted by Gasteiger charge is -2.22. The molecule has 0 bridgehead atoms. The highest BCUT2D eigenvalue weighted by Crippen LogP contribution is 2.28. The van der Waals surface area contributed by atoms with E-state index in [1.807, 2.05) is 48.5 Å². The summed E-state index contributed by atoms with van der Waals surface area (Å²) < 4.78 is 5.80. The quantitative estimate of drug-likeness (QED) is 0.579. The molecule has 2 aromatic rings. The molecule has 0 saturated carbocycles. The van der Waals surface area contributed by atoms with E-state index in [2.05, 4.69) is 17.2 Å². The Labute approximate surface area is 161 Å². The molecule has 2 aromatic carbocycles. The fraction of sp³-hybridized carbons (Fsp3) is 0.348. The minimum Gasteiger partial charge on any atom is -0.441 e. The molecule has 4 nitrogen and oxygen atoms in total. The van der Waals surface area contributed by atoms with Crippen molar-refractivity contribution in [2.45, 2.75) is 38.2 Å². The topological polar surface area (TPSA) is 64.3 Å². The maximum Gasteiger partial charge on any atom is 0.407 e. The number of carbonyl (C=O) groups excluding carboxylic acids is 1. The molecule has 0 aliphatic heterocycles. The molecular weight excluding hydrogens is 336 g/mol. The van der Waals surface area contributed by atoms with Gasteiger partial charge in [-0.2, -0.15) is 0 Å². The normalized spacial score (nSPS) is 14.6. The third-order valence-electron chi connectivity index (χ3n) is 4.71. The van der Waals surface area contributed by atoms with E-state index in [0.717, 1.165) is 54.5 Å². The molecule has 140 valence electrons. The van der Waals surface area contributed by atoms with E-state index in [1.54, 1.807) is 0 Å². The maximum atomic E-state index is 12.3. The fourth-order valence-electron chi connectivity index (χ4n) is 3.25. The summed E-state index contributed by atoms with van der Waals surface area (Å²) in [7, 11) is 0. The fourth-order valence-corrected chi connectivity index (χ4v) is 3.25. The van der Waals surface area contributed by atoms with Crippen molar-refractivity contribution in [1.82, 2.24) is 5.32 Å². The van der Waals surface area contributed by atoms with Gasteiger partial charge in [-0.05, 0) is 37.1 Å². The van der Waals surface area contributed by atoms with Crippen molar-refractivity contribution in [2.24, 2.45) is 5.73 Å². The summed E-state index contributed by atoms with van der Waals surface area (Å²) in [6.45, 7) is 1.34. The van der Waals surface area contributed by atoms with Crippen LogP contribution in [0.25, 0.3) is 0 Å². The average Bonchev–Trinajstić information content (AvgIpc) is 2.68. The van der Waals surface area contributed by atoms with Crippen molar-refractivity contribution < 1.29 is 9.53 Å². The molecule has 0 fully saturated rings. The minimum atomic E-state index is -0.375. The number of benzene rings is 2. The molecule has 27 heavy (non-hydrogen) atoms. The summed E-state index contributed by atoms with van der Waals surface area (Å²) in [5.41, 5.74) is 9.44. The van der Waals surface area contributed by atoms with Gasteiger partial charge in [0, 0.05) is 29.7 Å². The van der Waals surface area contributed by atoms with Gasteiger partial charge in [-0.1, -0.05) is 61.1 Å². The third-order valence-corrected chi connectivity index (χ3v) is 4.71. The largest absolute Gasteiger partial charge is 0.441 e. The Bertz CT molecular complexity index is 836. The van der Waals surface area contributed by atoms with Crippen molar-refractivity contribution >= 4 is 6.09 Å². The van der Waals surface area contributed by atoms with Crippen LogP contribution in [0, 0.1) is 11.8 Å². The first-order chi connectivity index (χ1) is 13.3. The molecule has 1 amide bonds. The SMILES string of the molecule is NCCCCCCNC(=O)OC1Cc2ccccc2C#Cc2ccccc21. The van der Waals surface area contributed by atoms with Gasteiger partial charge >= 0.3 is 6.09 Å². The zero-order chi connectivity index (χ0) is 18.9. The van der Waals surface area contributed by atoms with Crippen LogP contribution in [0.5, 0.6) is 0 Å². The van der Waals surface area contributed by atoms with Crippen molar-refractivity contribution in [2.75, 3.05) is 13.1 Å². The van der Waals surface area contributed by atoms with Crippen molar-refractivity contribution in [3.63, 3.8) is 0 Å². The molecule has 3 rings (SSSR count). The van der Waals surface area contributed by atoms with Crippen LogP contribution in [0.4, 0.5) is 4.79 Å². The van der Waals surface area contributed by atoms with Crippen LogP contribution in [0.15, 0.2) is 48.5 Å². The van der Waals surface area contributed by atoms with E-state index in [0.29, 0.717) is 13.0 Å². The Kier molecular flexibility index (Phi) is 6.90. The number of unbranched alkanes of at least 4 members (excludes halogenated alkanes) is 3. The van der Waals surface area contributed by atoms with Crippen LogP contribution in [0.2, 0.25) is 0 Å². The lowest BCUT2D eigenvalue weighted by Crippen LogP contribution is -2.28. The third kappa shape index (κ3) is 5.35. The molecule has 0 aromatic heterocycles. The molecule has 4 heteroatoms. The van der Waals surface area contributed by atoms with E-state index in [4.69, 9.17) is 10.5 Å². The Morgan fingerprint density at radius 1 is 1.00 bits per heavy atom. The molecule has 0 saturated heterocycles. The van der Waals surface area contributed by atoms with Gasteiger partial charge in [-0.25, -0.2) is 4.79 Å². The van der Waals surface area contributed by atoms with Crippen LogP contribution in [-0.2, 0) is 11.2 Å². The second-order valence-electron chi connectivity index (χ2n) is 6.72. The van der Waals surface area contributed by atoms with Gasteiger partial charge in [-0.3, -0.25) is 0 Å². The Balaban J connectivity index is 1.68. The zero-order valence-electron chi connectivity index (χ0n) is 15.5. The molecule has 0 radical (unpaired) electrons. The lowest BCUT2D eigenvalue weighted by atomic mass is 9.92. The number of fused-ring (bicyclic) bond motifs is 2. The smallest absolute Gasteiger partial charge is 0.407 e. The van der Waals surface area contributed by atoms with Gasteiger partial charge in [0.15, 0.2) is 0 Å². The number of amides is 1. The highest BCUT2D eigenvalue weighted by molar-refractivity contribution is 5.68. The predicted octanol–water partition coefficient (Wildman–Crippen LogP) is 3.93. The number of ether oxygens (including phenoxy) is 1. The number of alkyl carbamates (subject to hydrolysis) is 1. The van der Waals surface area contributed by atoms with Crippen molar-refractivity contribution in [3.8, 4) is 11.8 Å². The average molecular weight is 362 g/mol. The number of hydrogen-bond acceptors (Lipinski definition) is 3. The number of carbonyl (C=O) groups is 1. The summed E-state index contributed by atoms with van der Waals surface area (Å²) in [5, 5.41) is 2.87. The second kappa shape index (κ2) is 9.80.